The van der Waals surface area contributed by atoms with Gasteiger partial charge in [-0.15, -0.1) is 0 Å². The van der Waals surface area contributed by atoms with Crippen molar-refractivity contribution in [3.63, 3.8) is 0 Å². The molecule has 2 heterocycles. The first kappa shape index (κ1) is 17.7. The number of rotatable bonds is 7. The average Bonchev–Trinajstić information content (AvgIpc) is 2.68. The smallest absolute Gasteiger partial charge is 0.123 e. The summed E-state index contributed by atoms with van der Waals surface area (Å²) in [5.41, 5.74) is 2.48. The minimum absolute atomic E-state index is 0.546. The first-order chi connectivity index (χ1) is 12.3. The monoisotopic (exact) mass is 341 g/mol. The Labute approximate surface area is 150 Å². The molecule has 0 bridgehead atoms. The number of nitrogens with one attached hydrogen (secondary N) is 1. The first-order valence-corrected chi connectivity index (χ1v) is 8.84. The lowest BCUT2D eigenvalue weighted by Crippen LogP contribution is -2.41. The Morgan fingerprint density at radius 2 is 1.84 bits per heavy atom. The molecule has 1 aromatic heterocycles. The predicted octanol–water partition coefficient (Wildman–Crippen LogP) is 2.85. The van der Waals surface area contributed by atoms with Crippen molar-refractivity contribution in [2.24, 2.45) is 0 Å². The standard InChI is InChI=1S/C20H27N3O2/c1-24-19-3-4-20(25-2)17(13-19)14-22-18-7-11-23(12-8-18)15-16-5-9-21-10-6-16/h3-6,9-10,13,18,22H,7-8,11-12,14-15H2,1-2H3. The van der Waals surface area contributed by atoms with E-state index in [0.29, 0.717) is 6.04 Å². The zero-order valence-corrected chi connectivity index (χ0v) is 15.1. The molecule has 0 saturated carbocycles. The lowest BCUT2D eigenvalue weighted by Gasteiger charge is -2.32. The van der Waals surface area contributed by atoms with Gasteiger partial charge in [0.15, 0.2) is 0 Å². The largest absolute Gasteiger partial charge is 0.497 e. The summed E-state index contributed by atoms with van der Waals surface area (Å²) in [4.78, 5) is 6.60. The zero-order chi connectivity index (χ0) is 17.5. The van der Waals surface area contributed by atoms with Crippen molar-refractivity contribution in [1.29, 1.82) is 0 Å². The molecular formula is C20H27N3O2. The van der Waals surface area contributed by atoms with Crippen molar-refractivity contribution in [1.82, 2.24) is 15.2 Å². The number of piperidine rings is 1. The molecule has 0 radical (unpaired) electrons. The van der Waals surface area contributed by atoms with Crippen LogP contribution in [0.5, 0.6) is 11.5 Å². The molecule has 1 aliphatic rings. The fourth-order valence-corrected chi connectivity index (χ4v) is 3.32. The quantitative estimate of drug-likeness (QED) is 0.839. The molecule has 1 aromatic carbocycles. The second-order valence-electron chi connectivity index (χ2n) is 6.46. The molecule has 0 amide bonds. The van der Waals surface area contributed by atoms with Crippen LogP contribution in [-0.2, 0) is 13.1 Å². The van der Waals surface area contributed by atoms with E-state index in [2.05, 4.69) is 27.3 Å². The maximum absolute atomic E-state index is 5.46. The van der Waals surface area contributed by atoms with Crippen molar-refractivity contribution < 1.29 is 9.47 Å². The Morgan fingerprint density at radius 1 is 1.08 bits per heavy atom. The van der Waals surface area contributed by atoms with Crippen LogP contribution in [0, 0.1) is 0 Å². The van der Waals surface area contributed by atoms with Crippen molar-refractivity contribution >= 4 is 0 Å². The summed E-state index contributed by atoms with van der Waals surface area (Å²) in [6, 6.07) is 10.7. The number of aromatic nitrogens is 1. The van der Waals surface area contributed by atoms with Crippen LogP contribution in [0.15, 0.2) is 42.7 Å². The Hall–Kier alpha value is -2.11. The highest BCUT2D eigenvalue weighted by Crippen LogP contribution is 2.24. The molecule has 25 heavy (non-hydrogen) atoms. The summed E-state index contributed by atoms with van der Waals surface area (Å²) in [6.45, 7) is 4.05. The summed E-state index contributed by atoms with van der Waals surface area (Å²) < 4.78 is 10.8. The first-order valence-electron chi connectivity index (χ1n) is 8.84. The normalized spacial score (nSPS) is 15.9. The van der Waals surface area contributed by atoms with Crippen LogP contribution >= 0.6 is 0 Å². The van der Waals surface area contributed by atoms with E-state index in [1.165, 1.54) is 5.56 Å². The highest BCUT2D eigenvalue weighted by Gasteiger charge is 2.19. The fourth-order valence-electron chi connectivity index (χ4n) is 3.32. The number of nitrogens with zero attached hydrogens (tertiary/aromatic N) is 2. The summed E-state index contributed by atoms with van der Waals surface area (Å²) >= 11 is 0. The fraction of sp³-hybridized carbons (Fsp3) is 0.450. The molecular weight excluding hydrogens is 314 g/mol. The summed E-state index contributed by atoms with van der Waals surface area (Å²) in [5.74, 6) is 1.77. The topological polar surface area (TPSA) is 46.6 Å². The molecule has 1 N–H and O–H groups in total. The van der Waals surface area contributed by atoms with E-state index in [9.17, 15) is 0 Å². The number of pyridine rings is 1. The van der Waals surface area contributed by atoms with Crippen molar-refractivity contribution in [3.05, 3.63) is 53.9 Å². The molecule has 5 heteroatoms. The number of methoxy groups -OCH3 is 2. The van der Waals surface area contributed by atoms with E-state index < -0.39 is 0 Å². The van der Waals surface area contributed by atoms with Crippen LogP contribution in [0.1, 0.15) is 24.0 Å². The van der Waals surface area contributed by atoms with E-state index in [-0.39, 0.29) is 0 Å². The molecule has 134 valence electrons. The van der Waals surface area contributed by atoms with E-state index in [1.807, 2.05) is 30.6 Å². The third kappa shape index (κ3) is 4.94. The number of benzene rings is 1. The van der Waals surface area contributed by atoms with E-state index >= 15 is 0 Å². The Morgan fingerprint density at radius 3 is 2.52 bits per heavy atom. The van der Waals surface area contributed by atoms with Gasteiger partial charge in [0.25, 0.3) is 0 Å². The molecule has 1 aliphatic heterocycles. The Balaban J connectivity index is 1.48. The van der Waals surface area contributed by atoms with Crippen LogP contribution in [0.2, 0.25) is 0 Å². The average molecular weight is 341 g/mol. The Bertz CT molecular complexity index is 655. The van der Waals surface area contributed by atoms with Crippen molar-refractivity contribution in [3.8, 4) is 11.5 Å². The van der Waals surface area contributed by atoms with Gasteiger partial charge in [-0.3, -0.25) is 9.88 Å². The van der Waals surface area contributed by atoms with Gasteiger partial charge in [-0.25, -0.2) is 0 Å². The van der Waals surface area contributed by atoms with Gasteiger partial charge in [-0.2, -0.15) is 0 Å². The van der Waals surface area contributed by atoms with Crippen LogP contribution in [0.4, 0.5) is 0 Å². The van der Waals surface area contributed by atoms with Crippen molar-refractivity contribution in [2.45, 2.75) is 32.0 Å². The van der Waals surface area contributed by atoms with E-state index in [4.69, 9.17) is 9.47 Å². The molecule has 0 spiro atoms. The molecule has 1 fully saturated rings. The second kappa shape index (κ2) is 8.83. The molecule has 5 nitrogen and oxygen atoms in total. The van der Waals surface area contributed by atoms with Crippen LogP contribution in [0.25, 0.3) is 0 Å². The van der Waals surface area contributed by atoms with Crippen LogP contribution in [-0.4, -0.2) is 43.2 Å². The molecule has 0 atom stereocenters. The van der Waals surface area contributed by atoms with Gasteiger partial charge in [0.05, 0.1) is 14.2 Å². The SMILES string of the molecule is COc1ccc(OC)c(CNC2CCN(Cc3ccncc3)CC2)c1. The summed E-state index contributed by atoms with van der Waals surface area (Å²) in [5, 5.41) is 3.68. The van der Waals surface area contributed by atoms with Crippen molar-refractivity contribution in [2.75, 3.05) is 27.3 Å². The second-order valence-corrected chi connectivity index (χ2v) is 6.46. The van der Waals surface area contributed by atoms with Gasteiger partial charge in [0.2, 0.25) is 0 Å². The number of hydrogen-bond donors (Lipinski definition) is 1. The number of ether oxygens (including phenoxy) is 2. The summed E-state index contributed by atoms with van der Waals surface area (Å²) in [6.07, 6.45) is 6.06. The van der Waals surface area contributed by atoms with Crippen LogP contribution in [0.3, 0.4) is 0 Å². The lowest BCUT2D eigenvalue weighted by molar-refractivity contribution is 0.190. The van der Waals surface area contributed by atoms with Gasteiger partial charge in [-0.1, -0.05) is 0 Å². The maximum atomic E-state index is 5.46. The highest BCUT2D eigenvalue weighted by atomic mass is 16.5. The summed E-state index contributed by atoms with van der Waals surface area (Å²) in [7, 11) is 3.40. The minimum Gasteiger partial charge on any atom is -0.497 e. The molecule has 0 aliphatic carbocycles. The third-order valence-electron chi connectivity index (χ3n) is 4.81. The highest BCUT2D eigenvalue weighted by molar-refractivity contribution is 5.40. The maximum Gasteiger partial charge on any atom is 0.123 e. The minimum atomic E-state index is 0.546. The van der Waals surface area contributed by atoms with Gasteiger partial charge in [0.1, 0.15) is 11.5 Å². The van der Waals surface area contributed by atoms with E-state index in [0.717, 1.165) is 56.1 Å². The Kier molecular flexibility index (Phi) is 6.25. The van der Waals surface area contributed by atoms with E-state index in [1.54, 1.807) is 14.2 Å². The predicted molar refractivity (Wildman–Crippen MR) is 98.9 cm³/mol. The number of likely N-dealkylation sites (tertiary alicyclic amines) is 1. The van der Waals surface area contributed by atoms with Gasteiger partial charge >= 0.3 is 0 Å². The van der Waals surface area contributed by atoms with Gasteiger partial charge in [0, 0.05) is 37.1 Å². The lowest BCUT2D eigenvalue weighted by atomic mass is 10.0. The molecule has 1 saturated heterocycles. The third-order valence-corrected chi connectivity index (χ3v) is 4.81. The molecule has 3 rings (SSSR count). The zero-order valence-electron chi connectivity index (χ0n) is 15.1. The molecule has 0 unspecified atom stereocenters. The van der Waals surface area contributed by atoms with Crippen LogP contribution < -0.4 is 14.8 Å². The van der Waals surface area contributed by atoms with Gasteiger partial charge < -0.3 is 14.8 Å². The number of hydrogen-bond acceptors (Lipinski definition) is 5. The molecule has 2 aromatic rings. The van der Waals surface area contributed by atoms with Gasteiger partial charge in [-0.05, 0) is 61.8 Å².